The van der Waals surface area contributed by atoms with Crippen LogP contribution < -0.4 is 5.56 Å². The van der Waals surface area contributed by atoms with Crippen molar-refractivity contribution in [1.82, 2.24) is 9.55 Å². The molecule has 0 amide bonds. The lowest BCUT2D eigenvalue weighted by Crippen LogP contribution is -2.22. The van der Waals surface area contributed by atoms with Gasteiger partial charge in [0.1, 0.15) is 17.7 Å². The Bertz CT molecular complexity index is 1190. The Balaban J connectivity index is 1.96. The lowest BCUT2D eigenvalue weighted by atomic mass is 9.88. The highest BCUT2D eigenvalue weighted by Gasteiger charge is 2.28. The van der Waals surface area contributed by atoms with Gasteiger partial charge in [-0.3, -0.25) is 19.0 Å². The summed E-state index contributed by atoms with van der Waals surface area (Å²) in [6.07, 6.45) is 2.43. The smallest absolute Gasteiger partial charge is 0.266 e. The van der Waals surface area contributed by atoms with Crippen LogP contribution in [0.25, 0.3) is 22.3 Å². The zero-order chi connectivity index (χ0) is 19.8. The van der Waals surface area contributed by atoms with E-state index in [1.165, 1.54) is 10.9 Å². The van der Waals surface area contributed by atoms with Gasteiger partial charge >= 0.3 is 0 Å². The Hall–Kier alpha value is -3.54. The zero-order valence-electron chi connectivity index (χ0n) is 15.3. The van der Waals surface area contributed by atoms with Gasteiger partial charge in [-0.05, 0) is 43.2 Å². The topological polar surface area (TPSA) is 89.3 Å². The summed E-state index contributed by atoms with van der Waals surface area (Å²) < 4.78 is 1.43. The number of fused-ring (bicyclic) bond motifs is 1. The lowest BCUT2D eigenvalue weighted by Gasteiger charge is -2.16. The molecule has 1 N–H and O–H groups in total. The summed E-state index contributed by atoms with van der Waals surface area (Å²) in [5, 5.41) is 11.1. The van der Waals surface area contributed by atoms with Gasteiger partial charge in [0.25, 0.3) is 5.56 Å². The molecule has 140 valence electrons. The first-order valence-electron chi connectivity index (χ1n) is 9.05. The molecule has 0 unspecified atom stereocenters. The standard InChI is InChI=1S/C22H18N2O4/c1-13-15(21(27)20-17(25)8-5-9-18(20)26)10-11-16-19(13)22(28)24(12-23-16)14-6-3-2-4-7-14/h2-4,6-7,10-12,27H,5,8-9H2,1H3. The van der Waals surface area contributed by atoms with E-state index in [2.05, 4.69) is 4.98 Å². The van der Waals surface area contributed by atoms with Crippen molar-refractivity contribution in [3.63, 3.8) is 0 Å². The van der Waals surface area contributed by atoms with Crippen molar-refractivity contribution in [3.05, 3.63) is 75.8 Å². The quantitative estimate of drug-likeness (QED) is 0.422. The highest BCUT2D eigenvalue weighted by molar-refractivity contribution is 6.25. The number of carbonyl (C=O) groups is 2. The first kappa shape index (κ1) is 17.9. The summed E-state index contributed by atoms with van der Waals surface area (Å²) in [5.41, 5.74) is 1.49. The number of hydrogen-bond acceptors (Lipinski definition) is 5. The first-order valence-corrected chi connectivity index (χ1v) is 9.05. The number of para-hydroxylation sites is 1. The molecule has 6 heteroatoms. The maximum atomic E-state index is 13.1. The van der Waals surface area contributed by atoms with Crippen molar-refractivity contribution < 1.29 is 14.7 Å². The number of allylic oxidation sites excluding steroid dienone is 1. The number of aliphatic hydroxyl groups is 1. The van der Waals surface area contributed by atoms with Crippen LogP contribution in [0.2, 0.25) is 0 Å². The minimum Gasteiger partial charge on any atom is -0.506 e. The number of aliphatic hydroxyl groups excluding tert-OH is 1. The molecule has 0 atom stereocenters. The first-order chi connectivity index (χ1) is 13.5. The van der Waals surface area contributed by atoms with Crippen molar-refractivity contribution >= 4 is 28.2 Å². The summed E-state index contributed by atoms with van der Waals surface area (Å²) in [5.74, 6) is -1.08. The van der Waals surface area contributed by atoms with Crippen LogP contribution in [0.15, 0.2) is 59.2 Å². The third-order valence-electron chi connectivity index (χ3n) is 5.08. The third-order valence-corrected chi connectivity index (χ3v) is 5.08. The highest BCUT2D eigenvalue weighted by atomic mass is 16.3. The molecule has 1 saturated carbocycles. The van der Waals surface area contributed by atoms with Gasteiger partial charge in [-0.15, -0.1) is 0 Å². The van der Waals surface area contributed by atoms with Crippen molar-refractivity contribution in [3.8, 4) is 5.69 Å². The molecule has 1 heterocycles. The van der Waals surface area contributed by atoms with E-state index in [0.29, 0.717) is 34.1 Å². The average Bonchev–Trinajstić information content (AvgIpc) is 2.69. The molecular weight excluding hydrogens is 356 g/mol. The van der Waals surface area contributed by atoms with E-state index in [1.54, 1.807) is 31.2 Å². The molecule has 3 aromatic rings. The van der Waals surface area contributed by atoms with Crippen LogP contribution in [0.3, 0.4) is 0 Å². The lowest BCUT2D eigenvalue weighted by molar-refractivity contribution is -0.123. The highest BCUT2D eigenvalue weighted by Crippen LogP contribution is 2.28. The van der Waals surface area contributed by atoms with Gasteiger partial charge in [-0.1, -0.05) is 18.2 Å². The van der Waals surface area contributed by atoms with Crippen LogP contribution in [-0.4, -0.2) is 26.2 Å². The van der Waals surface area contributed by atoms with Crippen molar-refractivity contribution in [2.24, 2.45) is 0 Å². The molecule has 4 rings (SSSR count). The van der Waals surface area contributed by atoms with Crippen molar-refractivity contribution in [2.75, 3.05) is 0 Å². The van der Waals surface area contributed by atoms with Crippen molar-refractivity contribution in [1.29, 1.82) is 0 Å². The second-order valence-corrected chi connectivity index (χ2v) is 6.81. The van der Waals surface area contributed by atoms with E-state index in [0.717, 1.165) is 0 Å². The zero-order valence-corrected chi connectivity index (χ0v) is 15.3. The maximum Gasteiger partial charge on any atom is 0.266 e. The van der Waals surface area contributed by atoms with Gasteiger partial charge in [0.15, 0.2) is 11.6 Å². The van der Waals surface area contributed by atoms with E-state index in [1.807, 2.05) is 18.2 Å². The Morgan fingerprint density at radius 2 is 1.68 bits per heavy atom. The molecular formula is C22H18N2O4. The SMILES string of the molecule is Cc1c(C(O)=C2C(=O)CCCC2=O)ccc2ncn(-c3ccccc3)c(=O)c12. The van der Waals surface area contributed by atoms with E-state index >= 15 is 0 Å². The molecule has 1 aliphatic rings. The van der Waals surface area contributed by atoms with E-state index < -0.39 is 0 Å². The van der Waals surface area contributed by atoms with E-state index in [4.69, 9.17) is 0 Å². The molecule has 0 bridgehead atoms. The van der Waals surface area contributed by atoms with Crippen molar-refractivity contribution in [2.45, 2.75) is 26.2 Å². The number of Topliss-reactive ketones (excluding diaryl/α,β-unsaturated/α-hetero) is 2. The second kappa shape index (κ2) is 6.88. The molecule has 0 saturated heterocycles. The van der Waals surface area contributed by atoms with Gasteiger partial charge < -0.3 is 5.11 Å². The van der Waals surface area contributed by atoms with E-state index in [-0.39, 0.29) is 41.3 Å². The molecule has 6 nitrogen and oxygen atoms in total. The maximum absolute atomic E-state index is 13.1. The Morgan fingerprint density at radius 1 is 1.00 bits per heavy atom. The van der Waals surface area contributed by atoms with Crippen LogP contribution in [0.5, 0.6) is 0 Å². The molecule has 28 heavy (non-hydrogen) atoms. The predicted octanol–water partition coefficient (Wildman–Crippen LogP) is 3.29. The van der Waals surface area contributed by atoms with Gasteiger partial charge in [-0.25, -0.2) is 4.98 Å². The number of rotatable bonds is 2. The molecule has 1 aromatic heterocycles. The van der Waals surface area contributed by atoms with Crippen LogP contribution in [-0.2, 0) is 9.59 Å². The minimum atomic E-state index is -0.360. The number of ketones is 2. The third kappa shape index (κ3) is 2.83. The fourth-order valence-corrected chi connectivity index (χ4v) is 3.61. The monoisotopic (exact) mass is 374 g/mol. The summed E-state index contributed by atoms with van der Waals surface area (Å²) in [7, 11) is 0. The number of carbonyl (C=O) groups excluding carboxylic acids is 2. The molecule has 1 aliphatic carbocycles. The van der Waals surface area contributed by atoms with Gasteiger partial charge in [0.2, 0.25) is 0 Å². The van der Waals surface area contributed by atoms with Gasteiger partial charge in [-0.2, -0.15) is 0 Å². The molecule has 0 aliphatic heterocycles. The largest absolute Gasteiger partial charge is 0.506 e. The predicted molar refractivity (Wildman–Crippen MR) is 105 cm³/mol. The fourth-order valence-electron chi connectivity index (χ4n) is 3.61. The van der Waals surface area contributed by atoms with Gasteiger partial charge in [0, 0.05) is 18.4 Å². The normalized spacial score (nSPS) is 14.5. The summed E-state index contributed by atoms with van der Waals surface area (Å²) in [4.78, 5) is 41.8. The molecule has 1 fully saturated rings. The molecule has 0 radical (unpaired) electrons. The fraction of sp³-hybridized carbons (Fsp3) is 0.182. The number of aryl methyl sites for hydroxylation is 1. The van der Waals surface area contributed by atoms with Gasteiger partial charge in [0.05, 0.1) is 16.6 Å². The number of hydrogen-bond donors (Lipinski definition) is 1. The van der Waals surface area contributed by atoms with Crippen LogP contribution >= 0.6 is 0 Å². The molecule has 2 aromatic carbocycles. The average molecular weight is 374 g/mol. The second-order valence-electron chi connectivity index (χ2n) is 6.81. The number of benzene rings is 2. The van der Waals surface area contributed by atoms with Crippen LogP contribution in [0, 0.1) is 6.92 Å². The summed E-state index contributed by atoms with van der Waals surface area (Å²) >= 11 is 0. The minimum absolute atomic E-state index is 0.166. The summed E-state index contributed by atoms with van der Waals surface area (Å²) in [6, 6.07) is 12.3. The Kier molecular flexibility index (Phi) is 4.39. The molecule has 0 spiro atoms. The Labute approximate surface area is 160 Å². The van der Waals surface area contributed by atoms with E-state index in [9.17, 15) is 19.5 Å². The van der Waals surface area contributed by atoms with Crippen LogP contribution in [0.1, 0.15) is 30.4 Å². The Morgan fingerprint density at radius 3 is 2.36 bits per heavy atom. The van der Waals surface area contributed by atoms with Crippen LogP contribution in [0.4, 0.5) is 0 Å². The summed E-state index contributed by atoms with van der Waals surface area (Å²) in [6.45, 7) is 1.69. The number of nitrogens with zero attached hydrogens (tertiary/aromatic N) is 2. The number of aromatic nitrogens is 2.